The maximum Gasteiger partial charge on any atom is 0.407 e. The summed E-state index contributed by atoms with van der Waals surface area (Å²) in [4.78, 5) is 12.5. The average molecular weight is 438 g/mol. The SMILES string of the molecule is O=C(O)N1CCC[C@H]1[C@H](CS(=O)(=O)N1CCc2cc(Cl)c(Cl)cc2C1)NO. The van der Waals surface area contributed by atoms with Gasteiger partial charge in [0.15, 0.2) is 0 Å². The van der Waals surface area contributed by atoms with E-state index < -0.39 is 34.0 Å². The van der Waals surface area contributed by atoms with Gasteiger partial charge in [-0.3, -0.25) is 0 Å². The Morgan fingerprint density at radius 2 is 1.93 bits per heavy atom. The number of nitrogens with zero attached hydrogens (tertiary/aromatic N) is 2. The molecule has 1 saturated heterocycles. The van der Waals surface area contributed by atoms with Gasteiger partial charge in [-0.1, -0.05) is 23.2 Å². The summed E-state index contributed by atoms with van der Waals surface area (Å²) >= 11 is 12.1. The number of nitrogens with one attached hydrogen (secondary N) is 1. The number of fused-ring (bicyclic) bond motifs is 1. The molecule has 2 heterocycles. The molecule has 2 atom stereocenters. The number of carboxylic acid groups (broad SMARTS) is 1. The molecular weight excluding hydrogens is 417 g/mol. The van der Waals surface area contributed by atoms with Gasteiger partial charge >= 0.3 is 6.09 Å². The van der Waals surface area contributed by atoms with Crippen LogP contribution in [0.2, 0.25) is 10.0 Å². The zero-order valence-corrected chi connectivity index (χ0v) is 16.8. The van der Waals surface area contributed by atoms with Crippen LogP contribution in [-0.2, 0) is 23.0 Å². The third-order valence-electron chi connectivity index (χ3n) is 5.18. The summed E-state index contributed by atoms with van der Waals surface area (Å²) in [6.45, 7) is 0.785. The number of hydrogen-bond acceptors (Lipinski definition) is 5. The van der Waals surface area contributed by atoms with E-state index >= 15 is 0 Å². The van der Waals surface area contributed by atoms with Crippen molar-refractivity contribution in [3.05, 3.63) is 33.3 Å². The van der Waals surface area contributed by atoms with Gasteiger partial charge < -0.3 is 15.2 Å². The van der Waals surface area contributed by atoms with Crippen LogP contribution >= 0.6 is 23.2 Å². The number of hydroxylamine groups is 1. The highest BCUT2D eigenvalue weighted by Crippen LogP contribution is 2.31. The van der Waals surface area contributed by atoms with Gasteiger partial charge in [0.05, 0.1) is 27.9 Å². The second-order valence-electron chi connectivity index (χ2n) is 6.82. The molecule has 0 aliphatic carbocycles. The van der Waals surface area contributed by atoms with Gasteiger partial charge in [-0.2, -0.15) is 9.79 Å². The summed E-state index contributed by atoms with van der Waals surface area (Å²) in [6.07, 6.45) is 0.518. The average Bonchev–Trinajstić information content (AvgIpc) is 3.10. The zero-order valence-electron chi connectivity index (χ0n) is 14.4. The van der Waals surface area contributed by atoms with E-state index in [4.69, 9.17) is 23.2 Å². The van der Waals surface area contributed by atoms with Crippen LogP contribution < -0.4 is 5.48 Å². The van der Waals surface area contributed by atoms with E-state index in [-0.39, 0.29) is 6.54 Å². The highest BCUT2D eigenvalue weighted by Gasteiger charge is 2.39. The minimum atomic E-state index is -3.73. The molecule has 0 aromatic heterocycles. The second kappa shape index (κ2) is 8.10. The molecule has 3 rings (SSSR count). The Morgan fingerprint density at radius 3 is 2.56 bits per heavy atom. The molecule has 150 valence electrons. The number of benzene rings is 1. The van der Waals surface area contributed by atoms with Gasteiger partial charge in [0.2, 0.25) is 10.0 Å². The largest absolute Gasteiger partial charge is 0.465 e. The molecule has 11 heteroatoms. The number of likely N-dealkylation sites (tertiary alicyclic amines) is 1. The first-order valence-electron chi connectivity index (χ1n) is 8.56. The van der Waals surface area contributed by atoms with Crippen molar-refractivity contribution >= 4 is 39.3 Å². The molecule has 0 spiro atoms. The van der Waals surface area contributed by atoms with Crippen molar-refractivity contribution < 1.29 is 23.5 Å². The van der Waals surface area contributed by atoms with Crippen molar-refractivity contribution in [1.82, 2.24) is 14.7 Å². The Kier molecular flexibility index (Phi) is 6.19. The zero-order chi connectivity index (χ0) is 19.8. The first kappa shape index (κ1) is 20.6. The quantitative estimate of drug-likeness (QED) is 0.608. The van der Waals surface area contributed by atoms with Crippen molar-refractivity contribution in [2.75, 3.05) is 18.8 Å². The molecule has 27 heavy (non-hydrogen) atoms. The van der Waals surface area contributed by atoms with Crippen LogP contribution in [0.25, 0.3) is 0 Å². The van der Waals surface area contributed by atoms with E-state index in [1.54, 1.807) is 12.1 Å². The van der Waals surface area contributed by atoms with Crippen LogP contribution in [0.1, 0.15) is 24.0 Å². The van der Waals surface area contributed by atoms with Gasteiger partial charge in [0.25, 0.3) is 0 Å². The topological polar surface area (TPSA) is 110 Å². The summed E-state index contributed by atoms with van der Waals surface area (Å²) in [5.41, 5.74) is 3.76. The molecule has 0 bridgehead atoms. The molecule has 0 radical (unpaired) electrons. The van der Waals surface area contributed by atoms with E-state index in [0.29, 0.717) is 42.4 Å². The number of rotatable bonds is 5. The van der Waals surface area contributed by atoms with Crippen LogP contribution in [0, 0.1) is 0 Å². The molecule has 1 amide bonds. The lowest BCUT2D eigenvalue weighted by Gasteiger charge is -2.32. The maximum absolute atomic E-state index is 12.9. The number of hydrogen-bond donors (Lipinski definition) is 3. The van der Waals surface area contributed by atoms with Gasteiger partial charge in [-0.15, -0.1) is 0 Å². The predicted molar refractivity (Wildman–Crippen MR) is 101 cm³/mol. The summed E-state index contributed by atoms with van der Waals surface area (Å²) in [5, 5.41) is 19.6. The Bertz CT molecular complexity index is 836. The van der Waals surface area contributed by atoms with E-state index in [1.165, 1.54) is 9.21 Å². The smallest absolute Gasteiger partial charge is 0.407 e. The monoisotopic (exact) mass is 437 g/mol. The van der Waals surface area contributed by atoms with Crippen LogP contribution in [0.5, 0.6) is 0 Å². The number of carbonyl (C=O) groups is 1. The fraction of sp³-hybridized carbons (Fsp3) is 0.562. The van der Waals surface area contributed by atoms with E-state index in [1.807, 2.05) is 5.48 Å². The van der Waals surface area contributed by atoms with E-state index in [9.17, 15) is 23.5 Å². The third kappa shape index (κ3) is 4.33. The van der Waals surface area contributed by atoms with Crippen molar-refractivity contribution in [3.8, 4) is 0 Å². The van der Waals surface area contributed by atoms with Gasteiger partial charge in [-0.25, -0.2) is 13.2 Å². The Morgan fingerprint density at radius 1 is 1.26 bits per heavy atom. The lowest BCUT2D eigenvalue weighted by atomic mass is 10.0. The third-order valence-corrected chi connectivity index (χ3v) is 7.78. The standard InChI is InChI=1S/C16H21Cl2N3O5S/c17-12-6-10-3-5-20(8-11(10)7-13(12)18)27(25,26)9-14(19-24)15-2-1-4-21(15)16(22)23/h6-7,14-15,19,24H,1-5,8-9H2,(H,22,23)/t14-,15-/m0/s1. The van der Waals surface area contributed by atoms with Crippen molar-refractivity contribution in [2.24, 2.45) is 0 Å². The summed E-state index contributed by atoms with van der Waals surface area (Å²) < 4.78 is 27.1. The van der Waals surface area contributed by atoms with Gasteiger partial charge in [0.1, 0.15) is 0 Å². The lowest BCUT2D eigenvalue weighted by Crippen LogP contribution is -2.53. The molecule has 1 fully saturated rings. The van der Waals surface area contributed by atoms with Gasteiger partial charge in [-0.05, 0) is 42.5 Å². The number of sulfonamides is 1. The summed E-state index contributed by atoms with van der Waals surface area (Å²) in [6, 6.07) is 1.94. The fourth-order valence-electron chi connectivity index (χ4n) is 3.78. The van der Waals surface area contributed by atoms with Crippen LogP contribution in [0.3, 0.4) is 0 Å². The summed E-state index contributed by atoms with van der Waals surface area (Å²) in [5.74, 6) is -0.394. The fourth-order valence-corrected chi connectivity index (χ4v) is 5.81. The first-order chi connectivity index (χ1) is 12.7. The maximum atomic E-state index is 12.9. The first-order valence-corrected chi connectivity index (χ1v) is 10.9. The van der Waals surface area contributed by atoms with Crippen LogP contribution in [0.4, 0.5) is 4.79 Å². The second-order valence-corrected chi connectivity index (χ2v) is 9.65. The minimum absolute atomic E-state index is 0.167. The Labute approximate surface area is 167 Å². The summed E-state index contributed by atoms with van der Waals surface area (Å²) in [7, 11) is -3.73. The van der Waals surface area contributed by atoms with E-state index in [0.717, 1.165) is 11.1 Å². The van der Waals surface area contributed by atoms with Crippen molar-refractivity contribution in [3.63, 3.8) is 0 Å². The van der Waals surface area contributed by atoms with Crippen LogP contribution in [0.15, 0.2) is 12.1 Å². The highest BCUT2D eigenvalue weighted by atomic mass is 35.5. The minimum Gasteiger partial charge on any atom is -0.465 e. The molecular formula is C16H21Cl2N3O5S. The highest BCUT2D eigenvalue weighted by molar-refractivity contribution is 7.89. The molecule has 2 aliphatic rings. The van der Waals surface area contributed by atoms with Crippen molar-refractivity contribution in [2.45, 2.75) is 37.9 Å². The molecule has 8 nitrogen and oxygen atoms in total. The molecule has 0 unspecified atom stereocenters. The normalized spacial score (nSPS) is 21.9. The Balaban J connectivity index is 1.76. The van der Waals surface area contributed by atoms with Crippen LogP contribution in [-0.4, -0.2) is 65.0 Å². The Hall–Kier alpha value is -1.10. The molecule has 2 aliphatic heterocycles. The molecule has 3 N–H and O–H groups in total. The molecule has 1 aromatic rings. The lowest BCUT2D eigenvalue weighted by molar-refractivity contribution is 0.0807. The molecule has 0 saturated carbocycles. The van der Waals surface area contributed by atoms with Crippen molar-refractivity contribution in [1.29, 1.82) is 0 Å². The predicted octanol–water partition coefficient (Wildman–Crippen LogP) is 2.17. The number of halogens is 2. The van der Waals surface area contributed by atoms with Gasteiger partial charge in [0, 0.05) is 19.6 Å². The van der Waals surface area contributed by atoms with E-state index in [2.05, 4.69) is 0 Å². The molecule has 1 aromatic carbocycles. The number of amides is 1.